The highest BCUT2D eigenvalue weighted by molar-refractivity contribution is 7.08. The van der Waals surface area contributed by atoms with Gasteiger partial charge in [-0.3, -0.25) is 9.69 Å². The van der Waals surface area contributed by atoms with E-state index < -0.39 is 0 Å². The first kappa shape index (κ1) is 20.8. The number of methoxy groups -OCH3 is 1. The van der Waals surface area contributed by atoms with Crippen molar-refractivity contribution < 1.29 is 9.53 Å². The smallest absolute Gasteiger partial charge is 0.254 e. The molecule has 2 aliphatic heterocycles. The molecule has 0 saturated carbocycles. The Bertz CT molecular complexity index is 558. The van der Waals surface area contributed by atoms with Crippen molar-refractivity contribution in [1.29, 1.82) is 0 Å². The van der Waals surface area contributed by atoms with Crippen LogP contribution in [-0.4, -0.2) is 86.2 Å². The fraction of sp³-hybridized carbons (Fsp3) is 0.762. The first-order valence-electron chi connectivity index (χ1n) is 10.5. The second-order valence-corrected chi connectivity index (χ2v) is 8.70. The maximum absolute atomic E-state index is 13.2. The molecule has 2 saturated heterocycles. The zero-order chi connectivity index (χ0) is 19.1. The summed E-state index contributed by atoms with van der Waals surface area (Å²) in [5, 5.41) is 4.00. The molecule has 1 unspecified atom stereocenters. The standard InChI is InChI=1S/C21H35N3O2S/c1-3-23-9-4-5-20(23)16-24(21(25)19-8-14-27-17-19)15-18-6-10-22(11-7-18)12-13-26-2/h8,14,17-18,20H,3-7,9-13,15-16H2,1-2H3. The van der Waals surface area contributed by atoms with Gasteiger partial charge >= 0.3 is 0 Å². The Morgan fingerprint density at radius 1 is 1.26 bits per heavy atom. The Balaban J connectivity index is 1.59. The van der Waals surface area contributed by atoms with Crippen molar-refractivity contribution >= 4 is 17.2 Å². The molecular weight excluding hydrogens is 358 g/mol. The number of nitrogens with zero attached hydrogens (tertiary/aromatic N) is 3. The SMILES string of the molecule is CCN1CCCC1CN(CC1CCN(CCOC)CC1)C(=O)c1ccsc1. The van der Waals surface area contributed by atoms with Crippen LogP contribution in [0.4, 0.5) is 0 Å². The number of ether oxygens (including phenoxy) is 1. The summed E-state index contributed by atoms with van der Waals surface area (Å²) < 4.78 is 5.21. The van der Waals surface area contributed by atoms with Crippen LogP contribution in [0.2, 0.25) is 0 Å². The van der Waals surface area contributed by atoms with E-state index in [1.54, 1.807) is 18.4 Å². The van der Waals surface area contributed by atoms with Gasteiger partial charge in [-0.15, -0.1) is 0 Å². The third-order valence-electron chi connectivity index (χ3n) is 6.19. The van der Waals surface area contributed by atoms with Crippen LogP contribution >= 0.6 is 11.3 Å². The monoisotopic (exact) mass is 393 g/mol. The van der Waals surface area contributed by atoms with E-state index in [2.05, 4.69) is 21.6 Å². The van der Waals surface area contributed by atoms with Crippen LogP contribution in [0.15, 0.2) is 16.8 Å². The number of hydrogen-bond donors (Lipinski definition) is 0. The molecule has 0 aliphatic carbocycles. The number of carbonyl (C=O) groups is 1. The summed E-state index contributed by atoms with van der Waals surface area (Å²) in [4.78, 5) is 20.3. The summed E-state index contributed by atoms with van der Waals surface area (Å²) in [6.07, 6.45) is 4.84. The molecule has 152 valence electrons. The summed E-state index contributed by atoms with van der Waals surface area (Å²) in [6, 6.07) is 2.50. The normalized spacial score (nSPS) is 22.4. The van der Waals surface area contributed by atoms with E-state index in [-0.39, 0.29) is 5.91 Å². The van der Waals surface area contributed by atoms with Crippen LogP contribution in [0.5, 0.6) is 0 Å². The average Bonchev–Trinajstić information content (AvgIpc) is 3.38. The zero-order valence-electron chi connectivity index (χ0n) is 16.9. The van der Waals surface area contributed by atoms with Crippen molar-refractivity contribution in [2.45, 2.75) is 38.6 Å². The van der Waals surface area contributed by atoms with Crippen LogP contribution in [0.3, 0.4) is 0 Å². The molecule has 1 amide bonds. The predicted molar refractivity (Wildman–Crippen MR) is 112 cm³/mol. The molecule has 0 radical (unpaired) electrons. The van der Waals surface area contributed by atoms with Crippen molar-refractivity contribution in [2.75, 3.05) is 59.5 Å². The highest BCUT2D eigenvalue weighted by atomic mass is 32.1. The van der Waals surface area contributed by atoms with E-state index >= 15 is 0 Å². The number of likely N-dealkylation sites (tertiary alicyclic amines) is 2. The fourth-order valence-corrected chi connectivity index (χ4v) is 5.14. The molecule has 5 nitrogen and oxygen atoms in total. The van der Waals surface area contributed by atoms with E-state index in [0.717, 1.165) is 51.4 Å². The lowest BCUT2D eigenvalue weighted by Crippen LogP contribution is -2.46. The molecule has 1 atom stereocenters. The molecule has 6 heteroatoms. The molecule has 1 aromatic rings. The largest absolute Gasteiger partial charge is 0.383 e. The van der Waals surface area contributed by atoms with Crippen molar-refractivity contribution in [2.24, 2.45) is 5.92 Å². The molecular formula is C21H35N3O2S. The van der Waals surface area contributed by atoms with E-state index in [9.17, 15) is 4.79 Å². The summed E-state index contributed by atoms with van der Waals surface area (Å²) in [5.41, 5.74) is 0.860. The minimum Gasteiger partial charge on any atom is -0.383 e. The highest BCUT2D eigenvalue weighted by Gasteiger charge is 2.30. The number of piperidine rings is 1. The van der Waals surface area contributed by atoms with Gasteiger partial charge in [0.1, 0.15) is 0 Å². The quantitative estimate of drug-likeness (QED) is 0.646. The van der Waals surface area contributed by atoms with Gasteiger partial charge in [-0.2, -0.15) is 11.3 Å². The van der Waals surface area contributed by atoms with E-state index in [0.29, 0.717) is 12.0 Å². The third-order valence-corrected chi connectivity index (χ3v) is 6.87. The minimum absolute atomic E-state index is 0.223. The molecule has 3 rings (SSSR count). The van der Waals surface area contributed by atoms with Crippen LogP contribution in [0.25, 0.3) is 0 Å². The van der Waals surface area contributed by atoms with Gasteiger partial charge < -0.3 is 14.5 Å². The number of rotatable bonds is 9. The van der Waals surface area contributed by atoms with Gasteiger partial charge in [-0.25, -0.2) is 0 Å². The zero-order valence-corrected chi connectivity index (χ0v) is 17.8. The Kier molecular flexibility index (Phi) is 8.12. The lowest BCUT2D eigenvalue weighted by Gasteiger charge is -2.36. The van der Waals surface area contributed by atoms with Crippen molar-refractivity contribution in [3.05, 3.63) is 22.4 Å². The molecule has 0 bridgehead atoms. The molecule has 2 fully saturated rings. The van der Waals surface area contributed by atoms with Gasteiger partial charge in [-0.1, -0.05) is 6.92 Å². The predicted octanol–water partition coefficient (Wildman–Crippen LogP) is 3.03. The summed E-state index contributed by atoms with van der Waals surface area (Å²) >= 11 is 1.61. The lowest BCUT2D eigenvalue weighted by molar-refractivity contribution is 0.0617. The summed E-state index contributed by atoms with van der Waals surface area (Å²) in [5.74, 6) is 0.837. The van der Waals surface area contributed by atoms with Crippen LogP contribution < -0.4 is 0 Å². The van der Waals surface area contributed by atoms with E-state index in [4.69, 9.17) is 4.74 Å². The van der Waals surface area contributed by atoms with Gasteiger partial charge in [-0.05, 0) is 69.2 Å². The van der Waals surface area contributed by atoms with Crippen LogP contribution in [0, 0.1) is 5.92 Å². The summed E-state index contributed by atoms with van der Waals surface area (Å²) in [7, 11) is 1.77. The second-order valence-electron chi connectivity index (χ2n) is 7.92. The average molecular weight is 394 g/mol. The van der Waals surface area contributed by atoms with Gasteiger partial charge in [0.25, 0.3) is 5.91 Å². The highest BCUT2D eigenvalue weighted by Crippen LogP contribution is 2.23. The van der Waals surface area contributed by atoms with Gasteiger partial charge in [0.2, 0.25) is 0 Å². The van der Waals surface area contributed by atoms with Gasteiger partial charge in [0.15, 0.2) is 0 Å². The Morgan fingerprint density at radius 3 is 2.74 bits per heavy atom. The van der Waals surface area contributed by atoms with Gasteiger partial charge in [0, 0.05) is 38.2 Å². The molecule has 0 aromatic carbocycles. The maximum Gasteiger partial charge on any atom is 0.254 e. The second kappa shape index (κ2) is 10.6. The first-order chi connectivity index (χ1) is 13.2. The number of hydrogen-bond acceptors (Lipinski definition) is 5. The Morgan fingerprint density at radius 2 is 2.07 bits per heavy atom. The van der Waals surface area contributed by atoms with Crippen LogP contribution in [-0.2, 0) is 4.74 Å². The Hall–Kier alpha value is -0.950. The van der Waals surface area contributed by atoms with Crippen molar-refractivity contribution in [3.63, 3.8) is 0 Å². The maximum atomic E-state index is 13.2. The molecule has 0 spiro atoms. The summed E-state index contributed by atoms with van der Waals surface area (Å²) in [6.45, 7) is 10.4. The first-order valence-corrected chi connectivity index (χ1v) is 11.4. The minimum atomic E-state index is 0.223. The molecule has 27 heavy (non-hydrogen) atoms. The Labute approximate surface area is 168 Å². The molecule has 0 N–H and O–H groups in total. The number of likely N-dealkylation sites (N-methyl/N-ethyl adjacent to an activating group) is 1. The lowest BCUT2D eigenvalue weighted by atomic mass is 9.95. The number of thiophene rings is 1. The number of amides is 1. The molecule has 1 aromatic heterocycles. The fourth-order valence-electron chi connectivity index (χ4n) is 4.51. The molecule has 2 aliphatic rings. The van der Waals surface area contributed by atoms with Gasteiger partial charge in [0.05, 0.1) is 12.2 Å². The van der Waals surface area contributed by atoms with Crippen LogP contribution in [0.1, 0.15) is 43.0 Å². The third kappa shape index (κ3) is 5.76. The van der Waals surface area contributed by atoms with Crippen molar-refractivity contribution in [3.8, 4) is 0 Å². The van der Waals surface area contributed by atoms with E-state index in [1.165, 1.54) is 32.2 Å². The molecule has 3 heterocycles. The topological polar surface area (TPSA) is 36.0 Å². The number of carbonyl (C=O) groups excluding carboxylic acids is 1. The van der Waals surface area contributed by atoms with Crippen molar-refractivity contribution in [1.82, 2.24) is 14.7 Å². The van der Waals surface area contributed by atoms with E-state index in [1.807, 2.05) is 16.8 Å².